The Hall–Kier alpha value is 0.710. The summed E-state index contributed by atoms with van der Waals surface area (Å²) in [5, 5.41) is 0. The van der Waals surface area contributed by atoms with Gasteiger partial charge in [0.2, 0.25) is 0 Å². The summed E-state index contributed by atoms with van der Waals surface area (Å²) in [4.78, 5) is 3.74. The number of hydrogen-bond acceptors (Lipinski definition) is 5. The van der Waals surface area contributed by atoms with Crippen molar-refractivity contribution in [2.75, 3.05) is 0 Å². The second-order valence-corrected chi connectivity index (χ2v) is 6.75. The van der Waals surface area contributed by atoms with Crippen LogP contribution in [0.2, 0.25) is 0 Å². The van der Waals surface area contributed by atoms with Crippen molar-refractivity contribution in [1.82, 2.24) is 0 Å². The monoisotopic (exact) mass is 222 g/mol. The summed E-state index contributed by atoms with van der Waals surface area (Å²) < 4.78 is 1.02. The van der Waals surface area contributed by atoms with Crippen LogP contribution < -0.4 is 0 Å². The van der Waals surface area contributed by atoms with Crippen LogP contribution in [0.5, 0.6) is 0 Å². The largest absolute Gasteiger partial charge is 0.101 e. The van der Waals surface area contributed by atoms with Crippen molar-refractivity contribution in [1.29, 1.82) is 0 Å². The zero-order valence-electron chi connectivity index (χ0n) is 4.75. The quantitative estimate of drug-likeness (QED) is 0.483. The Balaban J connectivity index is 2.47. The number of rotatable bonds is 0. The smallest absolute Gasteiger partial charge is 0.0830 e. The van der Waals surface area contributed by atoms with Gasteiger partial charge in [0, 0.05) is 4.91 Å². The molecule has 0 nitrogen and oxygen atoms in total. The molecule has 0 saturated carbocycles. The third-order valence-corrected chi connectivity index (χ3v) is 7.08. The third-order valence-electron chi connectivity index (χ3n) is 1.07. The second-order valence-electron chi connectivity index (χ2n) is 1.70. The van der Waals surface area contributed by atoms with E-state index in [1.807, 2.05) is 0 Å². The van der Waals surface area contributed by atoms with E-state index >= 15 is 0 Å². The van der Waals surface area contributed by atoms with Crippen molar-refractivity contribution in [2.45, 2.75) is 0 Å². The Morgan fingerprint density at radius 1 is 1.10 bits per heavy atom. The Morgan fingerprint density at radius 2 is 1.80 bits per heavy atom. The van der Waals surface area contributed by atoms with Crippen molar-refractivity contribution in [3.8, 4) is 0 Å². The van der Waals surface area contributed by atoms with E-state index < -0.39 is 0 Å². The van der Waals surface area contributed by atoms with Crippen LogP contribution in [0, 0.1) is 0 Å². The molecular weight excluding hydrogens is 220 g/mol. The van der Waals surface area contributed by atoms with E-state index in [9.17, 15) is 0 Å². The first kappa shape index (κ1) is 7.36. The number of hydrogen-bond donors (Lipinski definition) is 0. The molecule has 0 radical (unpaired) electrons. The van der Waals surface area contributed by atoms with Crippen LogP contribution in [-0.4, -0.2) is 4.20 Å². The first-order valence-corrected chi connectivity index (χ1v) is 7.17. The molecule has 0 N–H and O–H groups in total. The van der Waals surface area contributed by atoms with Crippen LogP contribution in [0.4, 0.5) is 0 Å². The molecule has 0 bridgehead atoms. The Labute approximate surface area is 79.5 Å². The molecule has 5 heteroatoms. The van der Waals surface area contributed by atoms with Crippen LogP contribution in [-0.2, 0) is 0 Å². The first-order chi connectivity index (χ1) is 4.79. The molecule has 1 aromatic rings. The highest BCUT2D eigenvalue weighted by molar-refractivity contribution is 8.87. The van der Waals surface area contributed by atoms with Crippen LogP contribution in [0.15, 0.2) is 6.58 Å². The maximum Gasteiger partial charge on any atom is 0.101 e. The van der Waals surface area contributed by atoms with Gasteiger partial charge in [-0.1, -0.05) is 50.3 Å². The molecule has 0 atom stereocenters. The normalized spacial score (nSPS) is 17.6. The van der Waals surface area contributed by atoms with Crippen molar-refractivity contribution >= 4 is 63.6 Å². The zero-order valence-corrected chi connectivity index (χ0v) is 8.83. The summed E-state index contributed by atoms with van der Waals surface area (Å²) in [6.45, 7) is 3.92. The second kappa shape index (κ2) is 2.64. The molecule has 0 aliphatic carbocycles. The predicted octanol–water partition coefficient (Wildman–Crippen LogP) is 3.85. The minimum Gasteiger partial charge on any atom is -0.0830 e. The SMILES string of the molecule is C=C1SSC(=S)c2ssc21. The van der Waals surface area contributed by atoms with Gasteiger partial charge in [0.15, 0.2) is 0 Å². The van der Waals surface area contributed by atoms with Gasteiger partial charge in [-0.3, -0.25) is 0 Å². The van der Waals surface area contributed by atoms with E-state index in [2.05, 4.69) is 6.58 Å². The third kappa shape index (κ3) is 1.00. The fraction of sp³-hybridized carbons (Fsp3) is 0. The molecule has 0 amide bonds. The minimum absolute atomic E-state index is 1.02. The highest BCUT2D eigenvalue weighted by Crippen LogP contribution is 2.51. The fourth-order valence-electron chi connectivity index (χ4n) is 0.589. The van der Waals surface area contributed by atoms with Gasteiger partial charge in [-0.25, -0.2) is 0 Å². The van der Waals surface area contributed by atoms with Crippen LogP contribution in [0.25, 0.3) is 4.91 Å². The van der Waals surface area contributed by atoms with E-state index in [4.69, 9.17) is 12.2 Å². The molecule has 0 aromatic carbocycles. The number of fused-ring (bicyclic) bond motifs is 1. The van der Waals surface area contributed by atoms with Crippen LogP contribution in [0.1, 0.15) is 9.75 Å². The van der Waals surface area contributed by atoms with Gasteiger partial charge in [-0.2, -0.15) is 0 Å². The summed E-state index contributed by atoms with van der Waals surface area (Å²) in [5.41, 5.74) is 0. The van der Waals surface area contributed by atoms with E-state index in [-0.39, 0.29) is 0 Å². The van der Waals surface area contributed by atoms with Crippen molar-refractivity contribution < 1.29 is 0 Å². The van der Waals surface area contributed by atoms with Crippen LogP contribution in [0.3, 0.4) is 0 Å². The summed E-state index contributed by atoms with van der Waals surface area (Å²) >= 11 is 5.12. The molecule has 10 heavy (non-hydrogen) atoms. The minimum atomic E-state index is 1.02. The first-order valence-electron chi connectivity index (χ1n) is 2.46. The molecule has 0 saturated heterocycles. The molecule has 2 rings (SSSR count). The van der Waals surface area contributed by atoms with Gasteiger partial charge in [0.25, 0.3) is 0 Å². The van der Waals surface area contributed by atoms with Crippen molar-refractivity contribution in [2.24, 2.45) is 0 Å². The van der Waals surface area contributed by atoms with E-state index in [0.717, 1.165) is 9.10 Å². The lowest BCUT2D eigenvalue weighted by atomic mass is 10.4. The lowest BCUT2D eigenvalue weighted by Gasteiger charge is -2.17. The van der Waals surface area contributed by atoms with Gasteiger partial charge in [-0.05, 0) is 10.8 Å². The van der Waals surface area contributed by atoms with Gasteiger partial charge in [0.05, 0.1) is 9.75 Å². The molecule has 52 valence electrons. The van der Waals surface area contributed by atoms with Crippen molar-refractivity contribution in [3.63, 3.8) is 0 Å². The average molecular weight is 222 g/mol. The molecule has 1 aromatic heterocycles. The van der Waals surface area contributed by atoms with Gasteiger partial charge in [-0.15, -0.1) is 0 Å². The molecular formula is C5H2S5. The molecule has 0 unspecified atom stereocenters. The highest BCUT2D eigenvalue weighted by Gasteiger charge is 2.22. The van der Waals surface area contributed by atoms with Gasteiger partial charge < -0.3 is 0 Å². The summed E-state index contributed by atoms with van der Waals surface area (Å²) in [6, 6.07) is 0. The Kier molecular flexibility index (Phi) is 1.94. The maximum absolute atomic E-state index is 5.12. The summed E-state index contributed by atoms with van der Waals surface area (Å²) in [6.07, 6.45) is 0. The molecule has 2 heterocycles. The summed E-state index contributed by atoms with van der Waals surface area (Å²) in [7, 11) is 6.86. The van der Waals surface area contributed by atoms with Gasteiger partial charge in [0.1, 0.15) is 4.20 Å². The van der Waals surface area contributed by atoms with E-state index in [1.54, 1.807) is 42.3 Å². The van der Waals surface area contributed by atoms with E-state index in [0.29, 0.717) is 0 Å². The Bertz CT molecular complexity index is 261. The molecule has 0 fully saturated rings. The van der Waals surface area contributed by atoms with E-state index in [1.165, 1.54) is 9.75 Å². The van der Waals surface area contributed by atoms with Crippen molar-refractivity contribution in [3.05, 3.63) is 16.3 Å². The topological polar surface area (TPSA) is 0 Å². The highest BCUT2D eigenvalue weighted by atomic mass is 33.1. The molecule has 1 aliphatic heterocycles. The molecule has 0 spiro atoms. The van der Waals surface area contributed by atoms with Gasteiger partial charge >= 0.3 is 0 Å². The average Bonchev–Trinajstić information content (AvgIpc) is 1.78. The predicted molar refractivity (Wildman–Crippen MR) is 58.1 cm³/mol. The maximum atomic E-state index is 5.12. The lowest BCUT2D eigenvalue weighted by molar-refractivity contribution is 2.04. The standard InChI is InChI=1S/C5H2S5/c1-2-3-4(9-8-3)5(6)10-7-2/h1H2. The number of thiocarbonyl (C=S) groups is 1. The summed E-state index contributed by atoms with van der Waals surface area (Å²) in [5.74, 6) is 0. The molecule has 1 aliphatic rings. The Morgan fingerprint density at radius 3 is 2.30 bits per heavy atom. The fourth-order valence-corrected chi connectivity index (χ4v) is 6.11. The lowest BCUT2D eigenvalue weighted by Crippen LogP contribution is -1.97. The zero-order chi connectivity index (χ0) is 7.14. The van der Waals surface area contributed by atoms with Crippen LogP contribution >= 0.6 is 54.5 Å².